The van der Waals surface area contributed by atoms with Crippen molar-refractivity contribution < 1.29 is 19.4 Å². The van der Waals surface area contributed by atoms with Gasteiger partial charge >= 0.3 is 5.97 Å². The van der Waals surface area contributed by atoms with E-state index in [1.807, 2.05) is 13.8 Å². The van der Waals surface area contributed by atoms with E-state index in [4.69, 9.17) is 9.47 Å². The SMILES string of the molecule is CCOC(=O)C(O)c1c(OC)cnn1C(C)C. The number of esters is 1. The van der Waals surface area contributed by atoms with Crippen molar-refractivity contribution in [3.63, 3.8) is 0 Å². The van der Waals surface area contributed by atoms with Crippen LogP contribution < -0.4 is 4.74 Å². The van der Waals surface area contributed by atoms with Gasteiger partial charge < -0.3 is 14.6 Å². The molecular formula is C11H18N2O4. The van der Waals surface area contributed by atoms with Gasteiger partial charge in [-0.05, 0) is 20.8 Å². The van der Waals surface area contributed by atoms with Crippen molar-refractivity contribution in [1.29, 1.82) is 0 Å². The molecule has 0 aliphatic carbocycles. The molecule has 6 heteroatoms. The second-order valence-electron chi connectivity index (χ2n) is 3.79. The van der Waals surface area contributed by atoms with Crippen molar-refractivity contribution >= 4 is 5.97 Å². The van der Waals surface area contributed by atoms with E-state index in [9.17, 15) is 9.90 Å². The molecule has 0 amide bonds. The van der Waals surface area contributed by atoms with Crippen molar-refractivity contribution in [1.82, 2.24) is 9.78 Å². The van der Waals surface area contributed by atoms with Crippen molar-refractivity contribution in [2.45, 2.75) is 32.9 Å². The van der Waals surface area contributed by atoms with Crippen molar-refractivity contribution in [2.75, 3.05) is 13.7 Å². The summed E-state index contributed by atoms with van der Waals surface area (Å²) < 4.78 is 11.4. The van der Waals surface area contributed by atoms with Crippen LogP contribution in [0.1, 0.15) is 38.6 Å². The highest BCUT2D eigenvalue weighted by Gasteiger charge is 2.28. The molecule has 1 aromatic heterocycles. The molecule has 0 bridgehead atoms. The topological polar surface area (TPSA) is 73.6 Å². The minimum atomic E-state index is -1.38. The number of aliphatic hydroxyl groups is 1. The Balaban J connectivity index is 3.09. The molecule has 0 fully saturated rings. The number of aromatic nitrogens is 2. The highest BCUT2D eigenvalue weighted by atomic mass is 16.5. The third-order valence-corrected chi connectivity index (χ3v) is 2.28. The first-order valence-electron chi connectivity index (χ1n) is 5.49. The summed E-state index contributed by atoms with van der Waals surface area (Å²) in [6, 6.07) is 0.0120. The molecule has 0 radical (unpaired) electrons. The van der Waals surface area contributed by atoms with Gasteiger partial charge in [-0.1, -0.05) is 0 Å². The summed E-state index contributed by atoms with van der Waals surface area (Å²) in [6.07, 6.45) is 0.0902. The van der Waals surface area contributed by atoms with E-state index in [0.29, 0.717) is 11.4 Å². The molecule has 1 rings (SSSR count). The third kappa shape index (κ3) is 2.76. The number of aliphatic hydroxyl groups excluding tert-OH is 1. The van der Waals surface area contributed by atoms with Crippen LogP contribution in [0.5, 0.6) is 5.75 Å². The molecule has 1 N–H and O–H groups in total. The van der Waals surface area contributed by atoms with Gasteiger partial charge in [0.15, 0.2) is 11.9 Å². The quantitative estimate of drug-likeness (QED) is 0.782. The van der Waals surface area contributed by atoms with E-state index in [0.717, 1.165) is 0 Å². The number of hydrogen-bond acceptors (Lipinski definition) is 5. The second kappa shape index (κ2) is 5.67. The molecular weight excluding hydrogens is 224 g/mol. The Morgan fingerprint density at radius 2 is 2.24 bits per heavy atom. The lowest BCUT2D eigenvalue weighted by atomic mass is 10.2. The summed E-state index contributed by atoms with van der Waals surface area (Å²) >= 11 is 0. The van der Waals surface area contributed by atoms with E-state index in [2.05, 4.69) is 5.10 Å². The van der Waals surface area contributed by atoms with E-state index in [-0.39, 0.29) is 12.6 Å². The molecule has 1 heterocycles. The Labute approximate surface area is 100 Å². The monoisotopic (exact) mass is 242 g/mol. The van der Waals surface area contributed by atoms with Gasteiger partial charge in [-0.25, -0.2) is 4.79 Å². The zero-order chi connectivity index (χ0) is 13.0. The van der Waals surface area contributed by atoms with E-state index < -0.39 is 12.1 Å². The predicted octanol–water partition coefficient (Wildman–Crippen LogP) is 1.07. The van der Waals surface area contributed by atoms with Crippen molar-refractivity contribution in [3.05, 3.63) is 11.9 Å². The van der Waals surface area contributed by atoms with Gasteiger partial charge in [0, 0.05) is 6.04 Å². The summed E-state index contributed by atoms with van der Waals surface area (Å²) in [7, 11) is 1.46. The number of methoxy groups -OCH3 is 1. The largest absolute Gasteiger partial charge is 0.493 e. The highest BCUT2D eigenvalue weighted by molar-refractivity contribution is 5.76. The minimum Gasteiger partial charge on any atom is -0.493 e. The van der Waals surface area contributed by atoms with Crippen LogP contribution in [0.15, 0.2) is 6.20 Å². The fourth-order valence-electron chi connectivity index (χ4n) is 1.52. The third-order valence-electron chi connectivity index (χ3n) is 2.28. The highest BCUT2D eigenvalue weighted by Crippen LogP contribution is 2.28. The normalized spacial score (nSPS) is 12.6. The van der Waals surface area contributed by atoms with E-state index >= 15 is 0 Å². The number of rotatable bonds is 5. The molecule has 96 valence electrons. The fraction of sp³-hybridized carbons (Fsp3) is 0.636. The standard InChI is InChI=1S/C11H18N2O4/c1-5-17-11(15)10(14)9-8(16-4)6-12-13(9)7(2)3/h6-7,10,14H,5H2,1-4H3. The Bertz CT molecular complexity index is 387. The summed E-state index contributed by atoms with van der Waals surface area (Å²) in [5.41, 5.74) is 0.320. The predicted molar refractivity (Wildman–Crippen MR) is 60.8 cm³/mol. The molecule has 1 unspecified atom stereocenters. The van der Waals surface area contributed by atoms with Crippen molar-refractivity contribution in [2.24, 2.45) is 0 Å². The van der Waals surface area contributed by atoms with Gasteiger partial charge in [-0.3, -0.25) is 4.68 Å². The van der Waals surface area contributed by atoms with Gasteiger partial charge in [-0.15, -0.1) is 0 Å². The summed E-state index contributed by atoms with van der Waals surface area (Å²) in [6.45, 7) is 5.69. The summed E-state index contributed by atoms with van der Waals surface area (Å²) in [5.74, 6) is -0.326. The van der Waals surface area contributed by atoms with Crippen LogP contribution in [0.2, 0.25) is 0 Å². The molecule has 0 saturated heterocycles. The summed E-state index contributed by atoms with van der Waals surface area (Å²) in [4.78, 5) is 11.5. The summed E-state index contributed by atoms with van der Waals surface area (Å²) in [5, 5.41) is 14.0. The number of carbonyl (C=O) groups is 1. The average Bonchev–Trinajstić information content (AvgIpc) is 2.71. The number of nitrogens with zero attached hydrogens (tertiary/aromatic N) is 2. The molecule has 17 heavy (non-hydrogen) atoms. The van der Waals surface area contributed by atoms with Crippen molar-refractivity contribution in [3.8, 4) is 5.75 Å². The lowest BCUT2D eigenvalue weighted by molar-refractivity contribution is -0.153. The number of hydrogen-bond donors (Lipinski definition) is 1. The smallest absolute Gasteiger partial charge is 0.341 e. The average molecular weight is 242 g/mol. The van der Waals surface area contributed by atoms with E-state index in [1.54, 1.807) is 11.6 Å². The van der Waals surface area contributed by atoms with Crippen LogP contribution in [-0.4, -0.2) is 34.6 Å². The first kappa shape index (κ1) is 13.5. The van der Waals surface area contributed by atoms with Crippen LogP contribution >= 0.6 is 0 Å². The maximum absolute atomic E-state index is 11.5. The fourth-order valence-corrected chi connectivity index (χ4v) is 1.52. The molecule has 0 saturated carbocycles. The van der Waals surface area contributed by atoms with E-state index in [1.165, 1.54) is 13.3 Å². The Hall–Kier alpha value is -1.56. The minimum absolute atomic E-state index is 0.0120. The maximum atomic E-state index is 11.5. The molecule has 6 nitrogen and oxygen atoms in total. The lowest BCUT2D eigenvalue weighted by Gasteiger charge is -2.15. The molecule has 1 aromatic rings. The number of ether oxygens (including phenoxy) is 2. The first-order valence-corrected chi connectivity index (χ1v) is 5.49. The van der Waals surface area contributed by atoms with Gasteiger partial charge in [0.05, 0.1) is 19.9 Å². The molecule has 1 atom stereocenters. The zero-order valence-electron chi connectivity index (χ0n) is 10.5. The van der Waals surface area contributed by atoms with Crippen LogP contribution in [0.4, 0.5) is 0 Å². The Morgan fingerprint density at radius 3 is 2.71 bits per heavy atom. The Morgan fingerprint density at radius 1 is 1.59 bits per heavy atom. The van der Waals surface area contributed by atoms with Gasteiger partial charge in [-0.2, -0.15) is 5.10 Å². The van der Waals surface area contributed by atoms with Crippen LogP contribution in [-0.2, 0) is 9.53 Å². The zero-order valence-corrected chi connectivity index (χ0v) is 10.5. The van der Waals surface area contributed by atoms with Crippen LogP contribution in [0.3, 0.4) is 0 Å². The first-order chi connectivity index (χ1) is 8.02. The molecule has 0 aliphatic heterocycles. The molecule has 0 aliphatic rings. The van der Waals surface area contributed by atoms with Gasteiger partial charge in [0.2, 0.25) is 0 Å². The lowest BCUT2D eigenvalue weighted by Crippen LogP contribution is -2.20. The van der Waals surface area contributed by atoms with Crippen LogP contribution in [0, 0.1) is 0 Å². The van der Waals surface area contributed by atoms with Gasteiger partial charge in [0.1, 0.15) is 5.69 Å². The maximum Gasteiger partial charge on any atom is 0.341 e. The molecule has 0 aromatic carbocycles. The Kier molecular flexibility index (Phi) is 4.51. The second-order valence-corrected chi connectivity index (χ2v) is 3.79. The van der Waals surface area contributed by atoms with Gasteiger partial charge in [0.25, 0.3) is 0 Å². The number of carbonyl (C=O) groups excluding carboxylic acids is 1. The molecule has 0 spiro atoms. The van der Waals surface area contributed by atoms with Crippen LogP contribution in [0.25, 0.3) is 0 Å².